The predicted octanol–water partition coefficient (Wildman–Crippen LogP) is 3.53. The van der Waals surface area contributed by atoms with Crippen LogP contribution in [-0.2, 0) is 4.79 Å². The normalized spacial score (nSPS) is 17.9. The van der Waals surface area contributed by atoms with E-state index < -0.39 is 0 Å². The minimum absolute atomic E-state index is 0.140. The lowest BCUT2D eigenvalue weighted by molar-refractivity contribution is -0.121. The van der Waals surface area contributed by atoms with Gasteiger partial charge in [0.25, 0.3) is 5.91 Å². The second kappa shape index (κ2) is 5.09. The van der Waals surface area contributed by atoms with Crippen LogP contribution in [0.5, 0.6) is 5.75 Å². The first kappa shape index (κ1) is 13.7. The Bertz CT molecular complexity index is 563. The lowest BCUT2D eigenvalue weighted by Crippen LogP contribution is -2.22. The number of halogens is 2. The lowest BCUT2D eigenvalue weighted by atomic mass is 10.2. The minimum Gasteiger partial charge on any atom is -0.505 e. The molecule has 1 aliphatic rings. The number of phenolic OH excluding ortho intramolecular Hbond substituents is 1. The summed E-state index contributed by atoms with van der Waals surface area (Å²) in [5.41, 5.74) is 0.636. The second-order valence-corrected chi connectivity index (χ2v) is 6.06. The summed E-state index contributed by atoms with van der Waals surface area (Å²) in [6.07, 6.45) is 1.64. The minimum atomic E-state index is -0.168. The number of amides is 1. The fraction of sp³-hybridized carbons (Fsp3) is 0.0909. The van der Waals surface area contributed by atoms with Crippen LogP contribution >= 0.6 is 47.2 Å². The molecule has 2 rings (SSSR count). The van der Waals surface area contributed by atoms with E-state index >= 15 is 0 Å². The third-order valence-electron chi connectivity index (χ3n) is 2.32. The van der Waals surface area contributed by atoms with Gasteiger partial charge in [0.2, 0.25) is 0 Å². The summed E-state index contributed by atoms with van der Waals surface area (Å²) < 4.78 is 0.502. The van der Waals surface area contributed by atoms with E-state index in [0.717, 1.165) is 0 Å². The lowest BCUT2D eigenvalue weighted by Gasteiger charge is -2.04. The average Bonchev–Trinajstić information content (AvgIpc) is 2.54. The Hall–Kier alpha value is -0.750. The van der Waals surface area contributed by atoms with Crippen molar-refractivity contribution in [3.63, 3.8) is 0 Å². The standard InChI is InChI=1S/C11H7Cl2NO2S2/c1-14-10(16)8(18-11(14)17)4-5-2-6(12)9(15)7(13)3-5/h2-4,15H,1H3/b8-4+. The summed E-state index contributed by atoms with van der Waals surface area (Å²) >= 11 is 17.8. The third kappa shape index (κ3) is 2.49. The molecule has 3 nitrogen and oxygen atoms in total. The Morgan fingerprint density at radius 2 is 1.94 bits per heavy atom. The number of carbonyl (C=O) groups is 1. The number of nitrogens with zero attached hydrogens (tertiary/aromatic N) is 1. The van der Waals surface area contributed by atoms with Crippen LogP contribution in [0.25, 0.3) is 6.08 Å². The highest BCUT2D eigenvalue weighted by Gasteiger charge is 2.28. The molecule has 0 saturated carbocycles. The molecule has 0 spiro atoms. The van der Waals surface area contributed by atoms with Crippen molar-refractivity contribution < 1.29 is 9.90 Å². The number of phenols is 1. The van der Waals surface area contributed by atoms with Crippen LogP contribution in [-0.4, -0.2) is 27.3 Å². The van der Waals surface area contributed by atoms with E-state index in [2.05, 4.69) is 0 Å². The van der Waals surface area contributed by atoms with Gasteiger partial charge < -0.3 is 5.11 Å². The molecule has 1 aliphatic heterocycles. The van der Waals surface area contributed by atoms with Gasteiger partial charge in [0.1, 0.15) is 4.32 Å². The summed E-state index contributed by atoms with van der Waals surface area (Å²) in [6.45, 7) is 0. The number of carbonyl (C=O) groups excluding carboxylic acids is 1. The van der Waals surface area contributed by atoms with Crippen LogP contribution in [0.15, 0.2) is 17.0 Å². The number of rotatable bonds is 1. The van der Waals surface area contributed by atoms with E-state index in [1.807, 2.05) is 0 Å². The number of thiocarbonyl (C=S) groups is 1. The molecule has 0 bridgehead atoms. The van der Waals surface area contributed by atoms with Gasteiger partial charge in [0.15, 0.2) is 5.75 Å². The summed E-state index contributed by atoms with van der Waals surface area (Å²) in [5, 5.41) is 9.72. The monoisotopic (exact) mass is 319 g/mol. The SMILES string of the molecule is CN1C(=O)/C(=C\c2cc(Cl)c(O)c(Cl)c2)SC1=S. The van der Waals surface area contributed by atoms with Gasteiger partial charge in [-0.2, -0.15) is 0 Å². The molecule has 0 aliphatic carbocycles. The van der Waals surface area contributed by atoms with Crippen molar-refractivity contribution in [1.29, 1.82) is 0 Å². The summed E-state index contributed by atoms with van der Waals surface area (Å²) in [5.74, 6) is -0.330. The number of thioether (sulfide) groups is 1. The van der Waals surface area contributed by atoms with Crippen molar-refractivity contribution in [2.24, 2.45) is 0 Å². The molecule has 1 N–H and O–H groups in total. The Morgan fingerprint density at radius 3 is 2.39 bits per heavy atom. The molecular weight excluding hydrogens is 313 g/mol. The first-order chi connectivity index (χ1) is 8.40. The van der Waals surface area contributed by atoms with Crippen molar-refractivity contribution in [1.82, 2.24) is 4.90 Å². The van der Waals surface area contributed by atoms with Crippen LogP contribution in [0.1, 0.15) is 5.56 Å². The van der Waals surface area contributed by atoms with Gasteiger partial charge in [-0.1, -0.05) is 47.2 Å². The molecule has 0 aromatic heterocycles. The molecule has 1 aromatic rings. The molecule has 18 heavy (non-hydrogen) atoms. The Labute approximate surface area is 123 Å². The average molecular weight is 320 g/mol. The molecular formula is C11H7Cl2NO2S2. The number of likely N-dealkylation sites (N-methyl/N-ethyl adjacent to an activating group) is 1. The molecule has 1 aromatic carbocycles. The van der Waals surface area contributed by atoms with Crippen molar-refractivity contribution >= 4 is 63.5 Å². The molecule has 1 saturated heterocycles. The van der Waals surface area contributed by atoms with Crippen LogP contribution < -0.4 is 0 Å². The molecule has 1 heterocycles. The highest BCUT2D eigenvalue weighted by atomic mass is 35.5. The summed E-state index contributed by atoms with van der Waals surface area (Å²) in [6, 6.07) is 3.07. The topological polar surface area (TPSA) is 40.5 Å². The van der Waals surface area contributed by atoms with Crippen LogP contribution in [0.4, 0.5) is 0 Å². The van der Waals surface area contributed by atoms with Crippen LogP contribution in [0.3, 0.4) is 0 Å². The van der Waals surface area contributed by atoms with Crippen LogP contribution in [0.2, 0.25) is 10.0 Å². The highest BCUT2D eigenvalue weighted by molar-refractivity contribution is 8.26. The first-order valence-electron chi connectivity index (χ1n) is 4.79. The number of benzene rings is 1. The third-order valence-corrected chi connectivity index (χ3v) is 4.38. The second-order valence-electron chi connectivity index (χ2n) is 3.57. The molecule has 0 atom stereocenters. The zero-order chi connectivity index (χ0) is 13.4. The quantitative estimate of drug-likeness (QED) is 0.635. The predicted molar refractivity (Wildman–Crippen MR) is 79.1 cm³/mol. The van der Waals surface area contributed by atoms with E-state index in [1.165, 1.54) is 28.8 Å². The van der Waals surface area contributed by atoms with Gasteiger partial charge in [-0.05, 0) is 23.8 Å². The molecule has 0 unspecified atom stereocenters. The van der Waals surface area contributed by atoms with Gasteiger partial charge in [0, 0.05) is 7.05 Å². The van der Waals surface area contributed by atoms with Gasteiger partial charge in [-0.25, -0.2) is 0 Å². The van der Waals surface area contributed by atoms with Gasteiger partial charge >= 0.3 is 0 Å². The molecule has 1 amide bonds. The fourth-order valence-corrected chi connectivity index (χ4v) is 3.05. The maximum absolute atomic E-state index is 11.8. The van der Waals surface area contributed by atoms with Crippen molar-refractivity contribution in [2.45, 2.75) is 0 Å². The van der Waals surface area contributed by atoms with E-state index in [0.29, 0.717) is 14.8 Å². The maximum atomic E-state index is 11.8. The van der Waals surface area contributed by atoms with Crippen molar-refractivity contribution in [2.75, 3.05) is 7.05 Å². The molecule has 1 fully saturated rings. The Balaban J connectivity index is 2.40. The summed E-state index contributed by atoms with van der Waals surface area (Å²) in [4.78, 5) is 13.7. The first-order valence-corrected chi connectivity index (χ1v) is 6.78. The largest absolute Gasteiger partial charge is 0.505 e. The van der Waals surface area contributed by atoms with Gasteiger partial charge in [-0.15, -0.1) is 0 Å². The van der Waals surface area contributed by atoms with E-state index in [9.17, 15) is 9.90 Å². The van der Waals surface area contributed by atoms with Crippen molar-refractivity contribution in [3.8, 4) is 5.75 Å². The number of hydrogen-bond acceptors (Lipinski definition) is 4. The van der Waals surface area contributed by atoms with E-state index in [-0.39, 0.29) is 21.7 Å². The van der Waals surface area contributed by atoms with Gasteiger partial charge in [0.05, 0.1) is 15.0 Å². The van der Waals surface area contributed by atoms with E-state index in [4.69, 9.17) is 35.4 Å². The highest BCUT2D eigenvalue weighted by Crippen LogP contribution is 2.36. The molecule has 94 valence electrons. The Morgan fingerprint density at radius 1 is 1.39 bits per heavy atom. The van der Waals surface area contributed by atoms with Gasteiger partial charge in [-0.3, -0.25) is 9.69 Å². The smallest absolute Gasteiger partial charge is 0.265 e. The number of aromatic hydroxyl groups is 1. The molecule has 7 heteroatoms. The van der Waals surface area contributed by atoms with E-state index in [1.54, 1.807) is 13.1 Å². The zero-order valence-corrected chi connectivity index (χ0v) is 12.3. The summed E-state index contributed by atoms with van der Waals surface area (Å²) in [7, 11) is 1.62. The number of hydrogen-bond donors (Lipinski definition) is 1. The zero-order valence-electron chi connectivity index (χ0n) is 9.11. The maximum Gasteiger partial charge on any atom is 0.265 e. The Kier molecular flexibility index (Phi) is 3.87. The van der Waals surface area contributed by atoms with Crippen LogP contribution in [0, 0.1) is 0 Å². The fourth-order valence-electron chi connectivity index (χ4n) is 1.37. The molecule has 0 radical (unpaired) electrons. The van der Waals surface area contributed by atoms with Crippen molar-refractivity contribution in [3.05, 3.63) is 32.6 Å².